The fraction of sp³-hybridized carbons (Fsp3) is 0.556. The predicted octanol–water partition coefficient (Wildman–Crippen LogP) is 5.98. The van der Waals surface area contributed by atoms with Gasteiger partial charge in [0, 0.05) is 35.6 Å². The molecule has 1 aromatic carbocycles. The van der Waals surface area contributed by atoms with E-state index < -0.39 is 11.9 Å². The van der Waals surface area contributed by atoms with Gasteiger partial charge in [-0.25, -0.2) is 4.79 Å². The van der Waals surface area contributed by atoms with E-state index >= 15 is 0 Å². The Balaban J connectivity index is 1.80. The minimum Gasteiger partial charge on any atom is -0.465 e. The number of benzene rings is 1. The van der Waals surface area contributed by atoms with Crippen LogP contribution in [0, 0.1) is 5.92 Å². The summed E-state index contributed by atoms with van der Waals surface area (Å²) < 4.78 is 13.3. The molecular weight excluding hydrogens is 402 g/mol. The van der Waals surface area contributed by atoms with Crippen molar-refractivity contribution in [2.75, 3.05) is 13.2 Å². The van der Waals surface area contributed by atoms with E-state index in [1.54, 1.807) is 0 Å². The monoisotopic (exact) mass is 439 g/mol. The number of para-hydroxylation sites is 1. The summed E-state index contributed by atoms with van der Waals surface area (Å²) in [4.78, 5) is 26.0. The number of esters is 2. The SMILES string of the molecule is CCCCCCOC(=O)C1=Cc2c(n(C)c3ccccc23)CC1C(=O)OCCCCCC. The minimum absolute atomic E-state index is 0.327. The summed E-state index contributed by atoms with van der Waals surface area (Å²) in [6, 6.07) is 8.13. The molecule has 0 aliphatic heterocycles. The Hall–Kier alpha value is -2.56. The third-order valence-electron chi connectivity index (χ3n) is 6.34. The maximum atomic E-state index is 13.0. The van der Waals surface area contributed by atoms with Crippen LogP contribution in [-0.4, -0.2) is 29.7 Å². The van der Waals surface area contributed by atoms with Crippen molar-refractivity contribution in [3.8, 4) is 0 Å². The molecule has 5 nitrogen and oxygen atoms in total. The first-order valence-electron chi connectivity index (χ1n) is 12.2. The van der Waals surface area contributed by atoms with Crippen molar-refractivity contribution in [1.82, 2.24) is 4.57 Å². The molecule has 1 aromatic heterocycles. The van der Waals surface area contributed by atoms with Gasteiger partial charge in [0.1, 0.15) is 0 Å². The number of hydrogen-bond donors (Lipinski definition) is 0. The van der Waals surface area contributed by atoms with Gasteiger partial charge in [0.05, 0.1) is 24.7 Å². The van der Waals surface area contributed by atoms with Crippen LogP contribution in [0.25, 0.3) is 17.0 Å². The molecule has 3 rings (SSSR count). The maximum Gasteiger partial charge on any atom is 0.334 e. The molecule has 1 aliphatic carbocycles. The number of nitrogens with zero attached hydrogens (tertiary/aromatic N) is 1. The van der Waals surface area contributed by atoms with Crippen LogP contribution in [-0.2, 0) is 32.5 Å². The largest absolute Gasteiger partial charge is 0.465 e. The topological polar surface area (TPSA) is 57.5 Å². The van der Waals surface area contributed by atoms with Crippen molar-refractivity contribution in [1.29, 1.82) is 0 Å². The lowest BCUT2D eigenvalue weighted by Crippen LogP contribution is -2.30. The Labute approximate surface area is 191 Å². The second-order valence-electron chi connectivity index (χ2n) is 8.72. The molecule has 174 valence electrons. The number of carbonyl (C=O) groups is 2. The molecule has 32 heavy (non-hydrogen) atoms. The van der Waals surface area contributed by atoms with Gasteiger partial charge in [-0.1, -0.05) is 70.6 Å². The fourth-order valence-corrected chi connectivity index (χ4v) is 4.43. The molecule has 0 N–H and O–H groups in total. The molecule has 0 saturated heterocycles. The van der Waals surface area contributed by atoms with Crippen LogP contribution in [0.4, 0.5) is 0 Å². The average Bonchev–Trinajstić information content (AvgIpc) is 3.09. The van der Waals surface area contributed by atoms with Crippen LogP contribution in [0.5, 0.6) is 0 Å². The lowest BCUT2D eigenvalue weighted by Gasteiger charge is -2.23. The summed E-state index contributed by atoms with van der Waals surface area (Å²) in [5, 5.41) is 1.09. The van der Waals surface area contributed by atoms with Gasteiger partial charge in [-0.3, -0.25) is 4.79 Å². The van der Waals surface area contributed by atoms with Gasteiger partial charge >= 0.3 is 11.9 Å². The minimum atomic E-state index is -0.625. The van der Waals surface area contributed by atoms with Gasteiger partial charge in [0.25, 0.3) is 0 Å². The molecule has 5 heteroatoms. The van der Waals surface area contributed by atoms with Gasteiger partial charge in [-0.2, -0.15) is 0 Å². The highest BCUT2D eigenvalue weighted by Crippen LogP contribution is 2.36. The number of aromatic nitrogens is 1. The second kappa shape index (κ2) is 11.9. The molecule has 0 fully saturated rings. The number of aryl methyl sites for hydroxylation is 1. The van der Waals surface area contributed by atoms with E-state index in [4.69, 9.17) is 9.47 Å². The summed E-state index contributed by atoms with van der Waals surface area (Å²) in [7, 11) is 2.01. The highest BCUT2D eigenvalue weighted by atomic mass is 16.5. The van der Waals surface area contributed by atoms with E-state index in [0.29, 0.717) is 25.2 Å². The molecule has 1 atom stereocenters. The van der Waals surface area contributed by atoms with Crippen molar-refractivity contribution in [2.45, 2.75) is 71.6 Å². The summed E-state index contributed by atoms with van der Waals surface area (Å²) in [5.74, 6) is -1.35. The van der Waals surface area contributed by atoms with Gasteiger partial charge in [0.2, 0.25) is 0 Å². The normalized spacial score (nSPS) is 15.3. The molecule has 0 radical (unpaired) electrons. The van der Waals surface area contributed by atoms with Gasteiger partial charge < -0.3 is 14.0 Å². The second-order valence-corrected chi connectivity index (χ2v) is 8.72. The first-order chi connectivity index (χ1) is 15.6. The Morgan fingerprint density at radius 2 is 1.59 bits per heavy atom. The van der Waals surface area contributed by atoms with Crippen molar-refractivity contribution < 1.29 is 19.1 Å². The van der Waals surface area contributed by atoms with Crippen LogP contribution in [0.2, 0.25) is 0 Å². The van der Waals surface area contributed by atoms with E-state index in [0.717, 1.165) is 73.5 Å². The summed E-state index contributed by atoms with van der Waals surface area (Å²) in [6.45, 7) is 5.09. The molecule has 0 bridgehead atoms. The third-order valence-corrected chi connectivity index (χ3v) is 6.34. The highest BCUT2D eigenvalue weighted by molar-refractivity contribution is 6.04. The lowest BCUT2D eigenvalue weighted by molar-refractivity contribution is -0.150. The van der Waals surface area contributed by atoms with Crippen LogP contribution >= 0.6 is 0 Å². The first-order valence-corrected chi connectivity index (χ1v) is 12.2. The van der Waals surface area contributed by atoms with Crippen molar-refractivity contribution in [3.05, 3.63) is 41.1 Å². The Kier molecular flexibility index (Phi) is 8.95. The van der Waals surface area contributed by atoms with Crippen molar-refractivity contribution in [2.24, 2.45) is 13.0 Å². The first kappa shape index (κ1) is 24.1. The van der Waals surface area contributed by atoms with Crippen molar-refractivity contribution in [3.63, 3.8) is 0 Å². The number of hydrogen-bond acceptors (Lipinski definition) is 4. The van der Waals surface area contributed by atoms with E-state index in [2.05, 4.69) is 30.5 Å². The van der Waals surface area contributed by atoms with Gasteiger partial charge in [-0.15, -0.1) is 0 Å². The van der Waals surface area contributed by atoms with Crippen LogP contribution in [0.3, 0.4) is 0 Å². The number of ether oxygens (including phenoxy) is 2. The number of unbranched alkanes of at least 4 members (excludes halogenated alkanes) is 6. The van der Waals surface area contributed by atoms with E-state index in [-0.39, 0.29) is 5.97 Å². The quantitative estimate of drug-likeness (QED) is 0.301. The average molecular weight is 440 g/mol. The summed E-state index contributed by atoms with van der Waals surface area (Å²) in [5.41, 5.74) is 3.57. The number of fused-ring (bicyclic) bond motifs is 3. The van der Waals surface area contributed by atoms with Crippen molar-refractivity contribution >= 4 is 28.9 Å². The van der Waals surface area contributed by atoms with Gasteiger partial charge in [0.15, 0.2) is 0 Å². The summed E-state index contributed by atoms with van der Waals surface area (Å²) in [6.07, 6.45) is 10.6. The standard InChI is InChI=1S/C27H37NO4/c1-4-6-8-12-16-31-26(29)22-18-21-20-14-10-11-15-24(20)28(3)25(21)19-23(22)27(30)32-17-13-9-7-5-2/h10-11,14-15,18,23H,4-9,12-13,16-17,19H2,1-3H3. The summed E-state index contributed by atoms with van der Waals surface area (Å²) >= 11 is 0. The number of rotatable bonds is 12. The third kappa shape index (κ3) is 5.62. The molecule has 1 heterocycles. The molecule has 2 aromatic rings. The van der Waals surface area contributed by atoms with Gasteiger partial charge in [-0.05, 0) is 25.0 Å². The smallest absolute Gasteiger partial charge is 0.334 e. The molecule has 0 saturated carbocycles. The predicted molar refractivity (Wildman–Crippen MR) is 128 cm³/mol. The Morgan fingerprint density at radius 3 is 2.28 bits per heavy atom. The molecule has 1 aliphatic rings. The maximum absolute atomic E-state index is 13.0. The zero-order valence-corrected chi connectivity index (χ0v) is 19.8. The van der Waals surface area contributed by atoms with Crippen LogP contribution < -0.4 is 0 Å². The van der Waals surface area contributed by atoms with E-state index in [1.165, 1.54) is 0 Å². The zero-order chi connectivity index (χ0) is 22.9. The highest BCUT2D eigenvalue weighted by Gasteiger charge is 2.36. The van der Waals surface area contributed by atoms with E-state index in [9.17, 15) is 9.59 Å². The fourth-order valence-electron chi connectivity index (χ4n) is 4.43. The van der Waals surface area contributed by atoms with Crippen LogP contribution in [0.1, 0.15) is 76.5 Å². The lowest BCUT2D eigenvalue weighted by atomic mass is 9.86. The number of carbonyl (C=O) groups excluding carboxylic acids is 2. The Morgan fingerprint density at radius 1 is 0.938 bits per heavy atom. The Bertz CT molecular complexity index is 956. The molecular formula is C27H37NO4. The van der Waals surface area contributed by atoms with E-state index in [1.807, 2.05) is 25.3 Å². The zero-order valence-electron chi connectivity index (χ0n) is 19.8. The molecule has 0 amide bonds. The molecule has 1 unspecified atom stereocenters. The molecule has 0 spiro atoms. The van der Waals surface area contributed by atoms with Crippen LogP contribution in [0.15, 0.2) is 29.8 Å².